The van der Waals surface area contributed by atoms with Crippen LogP contribution in [0.25, 0.3) is 0 Å². The van der Waals surface area contributed by atoms with Crippen molar-refractivity contribution in [1.82, 2.24) is 0 Å². The Balaban J connectivity index is 1.43. The summed E-state index contributed by atoms with van der Waals surface area (Å²) in [6.07, 6.45) is 2.27. The smallest absolute Gasteiger partial charge is 0.234 e. The van der Waals surface area contributed by atoms with Gasteiger partial charge in [-0.25, -0.2) is 0 Å². The predicted molar refractivity (Wildman–Crippen MR) is 134 cm³/mol. The van der Waals surface area contributed by atoms with Crippen LogP contribution in [-0.2, 0) is 9.59 Å². The van der Waals surface area contributed by atoms with Gasteiger partial charge in [0.2, 0.25) is 11.8 Å². The van der Waals surface area contributed by atoms with Gasteiger partial charge < -0.3 is 10.6 Å². The van der Waals surface area contributed by atoms with Crippen LogP contribution < -0.4 is 10.6 Å². The first-order valence-electron chi connectivity index (χ1n) is 11.1. The molecule has 0 atom stereocenters. The second-order valence-corrected chi connectivity index (χ2v) is 9.00. The van der Waals surface area contributed by atoms with E-state index in [2.05, 4.69) is 10.6 Å². The molecule has 4 rings (SSSR count). The molecule has 0 aromatic heterocycles. The number of benzene rings is 3. The lowest BCUT2D eigenvalue weighted by atomic mass is 9.83. The minimum absolute atomic E-state index is 0.0311. The van der Waals surface area contributed by atoms with Gasteiger partial charge in [0.1, 0.15) is 0 Å². The van der Waals surface area contributed by atoms with Gasteiger partial charge in [0.05, 0.1) is 17.0 Å². The Kier molecular flexibility index (Phi) is 7.23. The van der Waals surface area contributed by atoms with E-state index in [0.717, 1.165) is 17.7 Å². The van der Waals surface area contributed by atoms with Crippen molar-refractivity contribution in [2.75, 3.05) is 16.4 Å². The Hall–Kier alpha value is -3.71. The van der Waals surface area contributed by atoms with E-state index in [1.165, 1.54) is 11.8 Å². The summed E-state index contributed by atoms with van der Waals surface area (Å²) >= 11 is 1.32. The van der Waals surface area contributed by atoms with Crippen molar-refractivity contribution in [2.45, 2.75) is 31.1 Å². The van der Waals surface area contributed by atoms with E-state index in [1.807, 2.05) is 31.2 Å². The monoisotopic (exact) mass is 472 g/mol. The fourth-order valence-corrected chi connectivity index (χ4v) is 4.56. The van der Waals surface area contributed by atoms with Crippen molar-refractivity contribution in [2.24, 2.45) is 0 Å². The molecule has 0 aliphatic heterocycles. The maximum absolute atomic E-state index is 13.1. The summed E-state index contributed by atoms with van der Waals surface area (Å²) < 4.78 is 0. The number of nitrogens with one attached hydrogen (secondary N) is 2. The quantitative estimate of drug-likeness (QED) is 0.339. The fraction of sp³-hybridized carbons (Fsp3) is 0.185. The number of hydrogen-bond acceptors (Lipinski definition) is 5. The second-order valence-electron chi connectivity index (χ2n) is 7.95. The highest BCUT2D eigenvalue weighted by Gasteiger charge is 2.31. The molecular weight excluding hydrogens is 448 g/mol. The van der Waals surface area contributed by atoms with Crippen LogP contribution in [0.1, 0.15) is 58.0 Å². The van der Waals surface area contributed by atoms with Crippen LogP contribution >= 0.6 is 11.8 Å². The minimum atomic E-state index is -0.296. The largest absolute Gasteiger partial charge is 0.326 e. The molecule has 0 heterocycles. The van der Waals surface area contributed by atoms with E-state index in [-0.39, 0.29) is 34.7 Å². The van der Waals surface area contributed by atoms with Gasteiger partial charge in [-0.3, -0.25) is 19.2 Å². The van der Waals surface area contributed by atoms with Crippen molar-refractivity contribution in [3.05, 3.63) is 89.0 Å². The van der Waals surface area contributed by atoms with Gasteiger partial charge >= 0.3 is 0 Å². The third-order valence-corrected chi connectivity index (χ3v) is 6.47. The zero-order chi connectivity index (χ0) is 24.1. The number of fused-ring (bicyclic) bond motifs is 2. The molecule has 0 saturated heterocycles. The van der Waals surface area contributed by atoms with Crippen molar-refractivity contribution < 1.29 is 19.2 Å². The van der Waals surface area contributed by atoms with Gasteiger partial charge in [-0.15, -0.1) is 11.8 Å². The van der Waals surface area contributed by atoms with Crippen LogP contribution in [0.4, 0.5) is 11.4 Å². The van der Waals surface area contributed by atoms with Gasteiger partial charge in [-0.2, -0.15) is 0 Å². The molecule has 0 bridgehead atoms. The molecule has 0 saturated carbocycles. The number of thioether (sulfide) groups is 1. The van der Waals surface area contributed by atoms with Crippen LogP contribution in [0.5, 0.6) is 0 Å². The molecule has 2 amide bonds. The normalized spacial score (nSPS) is 12.0. The summed E-state index contributed by atoms with van der Waals surface area (Å²) in [5.41, 5.74) is 2.25. The lowest BCUT2D eigenvalue weighted by molar-refractivity contribution is -0.116. The molecule has 0 spiro atoms. The lowest BCUT2D eigenvalue weighted by Crippen LogP contribution is -2.24. The van der Waals surface area contributed by atoms with Crippen LogP contribution in [0, 0.1) is 0 Å². The van der Waals surface area contributed by atoms with Crippen LogP contribution in [-0.4, -0.2) is 29.1 Å². The maximum atomic E-state index is 13.1. The molecule has 3 aromatic carbocycles. The van der Waals surface area contributed by atoms with E-state index in [1.54, 1.807) is 42.5 Å². The zero-order valence-corrected chi connectivity index (χ0v) is 19.5. The summed E-state index contributed by atoms with van der Waals surface area (Å²) in [4.78, 5) is 51.4. The van der Waals surface area contributed by atoms with Gasteiger partial charge in [0.25, 0.3) is 0 Å². The summed E-state index contributed by atoms with van der Waals surface area (Å²) in [7, 11) is 0. The molecule has 1 aliphatic rings. The van der Waals surface area contributed by atoms with E-state index < -0.39 is 0 Å². The molecule has 3 aromatic rings. The molecule has 1 aliphatic carbocycles. The third-order valence-electron chi connectivity index (χ3n) is 5.47. The molecule has 0 radical (unpaired) electrons. The molecular formula is C27H24N2O4S. The first kappa shape index (κ1) is 23.4. The van der Waals surface area contributed by atoms with E-state index in [0.29, 0.717) is 34.5 Å². The van der Waals surface area contributed by atoms with Gasteiger partial charge in [0, 0.05) is 33.7 Å². The topological polar surface area (TPSA) is 92.3 Å². The summed E-state index contributed by atoms with van der Waals surface area (Å²) in [5.74, 6) is -0.727. The Bertz CT molecular complexity index is 1290. The van der Waals surface area contributed by atoms with Gasteiger partial charge in [-0.05, 0) is 30.7 Å². The number of hydrogen-bond donors (Lipinski definition) is 2. The average Bonchev–Trinajstić information content (AvgIpc) is 2.85. The lowest BCUT2D eigenvalue weighted by Gasteiger charge is -2.20. The van der Waals surface area contributed by atoms with Crippen molar-refractivity contribution in [1.29, 1.82) is 0 Å². The highest BCUT2D eigenvalue weighted by atomic mass is 32.2. The third kappa shape index (κ3) is 5.10. The minimum Gasteiger partial charge on any atom is -0.326 e. The first-order valence-corrected chi connectivity index (χ1v) is 12.1. The van der Waals surface area contributed by atoms with Gasteiger partial charge in [0.15, 0.2) is 11.6 Å². The zero-order valence-electron chi connectivity index (χ0n) is 18.7. The number of carbonyl (C=O) groups is 4. The summed E-state index contributed by atoms with van der Waals surface area (Å²) in [5, 5.41) is 5.66. The number of ketones is 2. The molecule has 2 N–H and O–H groups in total. The number of anilines is 2. The van der Waals surface area contributed by atoms with E-state index in [9.17, 15) is 19.2 Å². The van der Waals surface area contributed by atoms with Crippen molar-refractivity contribution in [3.8, 4) is 0 Å². The number of amides is 2. The van der Waals surface area contributed by atoms with Crippen molar-refractivity contribution in [3.63, 3.8) is 0 Å². The molecule has 34 heavy (non-hydrogen) atoms. The maximum Gasteiger partial charge on any atom is 0.234 e. The Morgan fingerprint density at radius 1 is 0.794 bits per heavy atom. The predicted octanol–water partition coefficient (Wildman–Crippen LogP) is 5.32. The Morgan fingerprint density at radius 2 is 1.50 bits per heavy atom. The van der Waals surface area contributed by atoms with Crippen LogP contribution in [0.15, 0.2) is 71.6 Å². The Labute approximate surface area is 202 Å². The van der Waals surface area contributed by atoms with Crippen LogP contribution in [0.3, 0.4) is 0 Å². The highest BCUT2D eigenvalue weighted by Crippen LogP contribution is 2.32. The highest BCUT2D eigenvalue weighted by molar-refractivity contribution is 8.00. The fourth-order valence-electron chi connectivity index (χ4n) is 3.81. The number of unbranched alkanes of at least 4 members (excludes halogenated alkanes) is 1. The SMILES string of the molecule is CCCCC(=O)Nc1cccc(SCC(=O)Nc2cccc3c2C(=O)c2ccccc2C3=O)c1. The molecule has 0 fully saturated rings. The first-order chi connectivity index (χ1) is 16.5. The van der Waals surface area contributed by atoms with Crippen molar-refractivity contribution >= 4 is 46.5 Å². The van der Waals surface area contributed by atoms with Crippen LogP contribution in [0.2, 0.25) is 0 Å². The van der Waals surface area contributed by atoms with Gasteiger partial charge in [-0.1, -0.05) is 55.8 Å². The molecule has 172 valence electrons. The molecule has 0 unspecified atom stereocenters. The molecule has 6 nitrogen and oxygen atoms in total. The number of rotatable bonds is 8. The second kappa shape index (κ2) is 10.5. The average molecular weight is 473 g/mol. The van der Waals surface area contributed by atoms with E-state index in [4.69, 9.17) is 0 Å². The molecule has 7 heteroatoms. The standard InChI is InChI=1S/C27H24N2O4S/c1-2-3-14-23(30)28-17-8-6-9-18(15-17)34-16-24(31)29-22-13-7-12-21-25(22)27(33)20-11-5-4-10-19(20)26(21)32/h4-13,15H,2-3,14,16H2,1H3,(H,28,30)(H,29,31). The summed E-state index contributed by atoms with van der Waals surface area (Å²) in [6, 6.07) is 18.9. The number of carbonyl (C=O) groups excluding carboxylic acids is 4. The summed E-state index contributed by atoms with van der Waals surface area (Å²) in [6.45, 7) is 2.04. The van der Waals surface area contributed by atoms with E-state index >= 15 is 0 Å². The Morgan fingerprint density at radius 3 is 2.26 bits per heavy atom.